The van der Waals surface area contributed by atoms with Gasteiger partial charge in [0.15, 0.2) is 0 Å². The third kappa shape index (κ3) is 3.65. The summed E-state index contributed by atoms with van der Waals surface area (Å²) in [5.74, 6) is 2.07. The Morgan fingerprint density at radius 2 is 1.97 bits per heavy atom. The molecule has 32 heavy (non-hydrogen) atoms. The van der Waals surface area contributed by atoms with E-state index in [1.165, 1.54) is 12.0 Å². The molecule has 5 heterocycles. The summed E-state index contributed by atoms with van der Waals surface area (Å²) in [4.78, 5) is 17.1. The van der Waals surface area contributed by atoms with Crippen LogP contribution in [-0.2, 0) is 0 Å². The van der Waals surface area contributed by atoms with Crippen molar-refractivity contribution in [1.82, 2.24) is 25.0 Å². The van der Waals surface area contributed by atoms with E-state index >= 15 is 0 Å². The zero-order valence-corrected chi connectivity index (χ0v) is 19.7. The third-order valence-corrected chi connectivity index (χ3v) is 7.91. The molecule has 4 atom stereocenters. The van der Waals surface area contributed by atoms with Crippen LogP contribution < -0.4 is 5.32 Å². The van der Waals surface area contributed by atoms with Gasteiger partial charge in [-0.15, -0.1) is 0 Å². The lowest BCUT2D eigenvalue weighted by Gasteiger charge is -2.45. The molecule has 0 spiro atoms. The molecule has 0 aliphatic carbocycles. The number of piperazine rings is 1. The van der Waals surface area contributed by atoms with Crippen molar-refractivity contribution in [1.29, 1.82) is 0 Å². The van der Waals surface area contributed by atoms with Crippen molar-refractivity contribution in [2.45, 2.75) is 63.7 Å². The largest absolute Gasteiger partial charge is 0.355 e. The monoisotopic (exact) mass is 438 g/mol. The molecule has 0 saturated carbocycles. The molecule has 0 radical (unpaired) electrons. The third-order valence-electron chi connectivity index (χ3n) is 7.91. The van der Waals surface area contributed by atoms with Gasteiger partial charge >= 0.3 is 0 Å². The van der Waals surface area contributed by atoms with E-state index in [0.29, 0.717) is 0 Å². The molecule has 2 fully saturated rings. The Morgan fingerprint density at radius 3 is 2.72 bits per heavy atom. The molecule has 2 saturated heterocycles. The van der Waals surface area contributed by atoms with Crippen LogP contribution in [0.3, 0.4) is 0 Å². The van der Waals surface area contributed by atoms with E-state index in [0.717, 1.165) is 62.5 Å². The summed E-state index contributed by atoms with van der Waals surface area (Å²) in [6, 6.07) is 2.21. The van der Waals surface area contributed by atoms with E-state index in [2.05, 4.69) is 64.1 Å². The number of nitrogens with one attached hydrogen (secondary N) is 1. The van der Waals surface area contributed by atoms with Gasteiger partial charge < -0.3 is 20.0 Å². The van der Waals surface area contributed by atoms with Gasteiger partial charge in [0, 0.05) is 32.2 Å². The van der Waals surface area contributed by atoms with Gasteiger partial charge in [-0.1, -0.05) is 6.08 Å². The number of likely N-dealkylation sites (N-methyl/N-ethyl adjacent to an activating group) is 1. The lowest BCUT2D eigenvalue weighted by molar-refractivity contribution is 0.128. The molecule has 0 amide bonds. The minimum Gasteiger partial charge on any atom is -0.355 e. The van der Waals surface area contributed by atoms with Gasteiger partial charge in [0.2, 0.25) is 0 Å². The molecule has 172 valence electrons. The summed E-state index contributed by atoms with van der Waals surface area (Å²) in [5, 5.41) is 3.87. The van der Waals surface area contributed by atoms with Gasteiger partial charge in [-0.05, 0) is 70.9 Å². The number of rotatable bonds is 3. The van der Waals surface area contributed by atoms with Crippen LogP contribution in [0.25, 0.3) is 0 Å². The van der Waals surface area contributed by atoms with Gasteiger partial charge in [-0.3, -0.25) is 9.98 Å². The zero-order valence-electron chi connectivity index (χ0n) is 19.7. The molecule has 1 aromatic rings. The first kappa shape index (κ1) is 21.6. The number of aliphatic imine (C=N–C) groups is 1. The highest BCUT2D eigenvalue weighted by Crippen LogP contribution is 2.41. The molecule has 4 aliphatic heterocycles. The number of allylic oxidation sites excluding steroid dienone is 2. The lowest BCUT2D eigenvalue weighted by atomic mass is 9.79. The maximum absolute atomic E-state index is 13.6. The van der Waals surface area contributed by atoms with Crippen LogP contribution in [0.2, 0.25) is 0 Å². The van der Waals surface area contributed by atoms with Crippen LogP contribution in [0.4, 0.5) is 4.39 Å². The normalized spacial score (nSPS) is 33.2. The second-order valence-electron chi connectivity index (χ2n) is 9.97. The summed E-state index contributed by atoms with van der Waals surface area (Å²) in [6.45, 7) is 10.8. The van der Waals surface area contributed by atoms with Gasteiger partial charge in [0.25, 0.3) is 0 Å². The molecule has 1 aromatic heterocycles. The van der Waals surface area contributed by atoms with Crippen LogP contribution in [0.5, 0.6) is 0 Å². The van der Waals surface area contributed by atoms with Gasteiger partial charge in [0.1, 0.15) is 17.5 Å². The van der Waals surface area contributed by atoms with Crippen molar-refractivity contribution in [3.63, 3.8) is 0 Å². The highest BCUT2D eigenvalue weighted by atomic mass is 19.1. The predicted octanol–water partition coefficient (Wildman–Crippen LogP) is 3.23. The average molecular weight is 439 g/mol. The van der Waals surface area contributed by atoms with Crippen molar-refractivity contribution in [2.75, 3.05) is 33.2 Å². The molecule has 1 N–H and O–H groups in total. The first-order valence-electron chi connectivity index (χ1n) is 12.0. The molecular formula is C25H35FN6. The summed E-state index contributed by atoms with van der Waals surface area (Å²) in [7, 11) is 2.19. The minimum absolute atomic E-state index is 0.138. The van der Waals surface area contributed by atoms with Crippen LogP contribution in [0.15, 0.2) is 41.3 Å². The number of halogens is 1. The second-order valence-corrected chi connectivity index (χ2v) is 9.97. The van der Waals surface area contributed by atoms with Crippen molar-refractivity contribution in [2.24, 2.45) is 4.99 Å². The maximum Gasteiger partial charge on any atom is 0.141 e. The molecule has 5 rings (SSSR count). The number of aromatic nitrogens is 1. The predicted molar refractivity (Wildman–Crippen MR) is 126 cm³/mol. The fraction of sp³-hybridized carbons (Fsp3) is 0.600. The first-order valence-corrected chi connectivity index (χ1v) is 12.0. The van der Waals surface area contributed by atoms with Crippen molar-refractivity contribution < 1.29 is 4.39 Å². The van der Waals surface area contributed by atoms with Gasteiger partial charge in [-0.2, -0.15) is 0 Å². The van der Waals surface area contributed by atoms with E-state index in [-0.39, 0.29) is 29.5 Å². The Labute approximate surface area is 190 Å². The van der Waals surface area contributed by atoms with Gasteiger partial charge in [-0.25, -0.2) is 4.39 Å². The Hall–Kier alpha value is -2.25. The van der Waals surface area contributed by atoms with Crippen molar-refractivity contribution in [3.05, 3.63) is 53.4 Å². The van der Waals surface area contributed by atoms with E-state index in [9.17, 15) is 4.39 Å². The SMILES string of the molecule is Cc1cc(F)cnc1[C@@H]1CCC[C@H]([C@]2(C)N=C3C=CC=C(N4CCN(C)CC4)N3C2C)N1. The Bertz CT molecular complexity index is 963. The molecule has 6 nitrogen and oxygen atoms in total. The highest BCUT2D eigenvalue weighted by molar-refractivity contribution is 5.97. The summed E-state index contributed by atoms with van der Waals surface area (Å²) < 4.78 is 13.6. The molecule has 7 heteroatoms. The van der Waals surface area contributed by atoms with Crippen molar-refractivity contribution >= 4 is 5.84 Å². The van der Waals surface area contributed by atoms with Crippen LogP contribution in [-0.4, -0.2) is 76.4 Å². The Morgan fingerprint density at radius 1 is 1.19 bits per heavy atom. The van der Waals surface area contributed by atoms with Crippen LogP contribution in [0, 0.1) is 12.7 Å². The second kappa shape index (κ2) is 8.27. The lowest BCUT2D eigenvalue weighted by Crippen LogP contribution is -2.58. The number of aryl methyl sites for hydroxylation is 1. The molecular weight excluding hydrogens is 403 g/mol. The van der Waals surface area contributed by atoms with Crippen LogP contribution in [0.1, 0.15) is 50.4 Å². The van der Waals surface area contributed by atoms with Crippen LogP contribution >= 0.6 is 0 Å². The maximum atomic E-state index is 13.6. The molecule has 1 unspecified atom stereocenters. The Balaban J connectivity index is 1.38. The van der Waals surface area contributed by atoms with E-state index in [1.807, 2.05) is 6.92 Å². The molecule has 0 aromatic carbocycles. The average Bonchev–Trinajstić information content (AvgIpc) is 3.06. The summed E-state index contributed by atoms with van der Waals surface area (Å²) in [5.41, 5.74) is 1.64. The van der Waals surface area contributed by atoms with E-state index in [1.54, 1.807) is 6.07 Å². The first-order chi connectivity index (χ1) is 15.4. The van der Waals surface area contributed by atoms with E-state index < -0.39 is 0 Å². The fourth-order valence-corrected chi connectivity index (χ4v) is 5.78. The fourth-order valence-electron chi connectivity index (χ4n) is 5.78. The zero-order chi connectivity index (χ0) is 22.5. The topological polar surface area (TPSA) is 47.0 Å². The number of hydrogen-bond donors (Lipinski definition) is 1. The number of pyridine rings is 1. The summed E-state index contributed by atoms with van der Waals surface area (Å²) >= 11 is 0. The molecule has 4 aliphatic rings. The minimum atomic E-state index is -0.270. The number of amidine groups is 1. The van der Waals surface area contributed by atoms with Gasteiger partial charge in [0.05, 0.1) is 29.5 Å². The number of fused-ring (bicyclic) bond motifs is 1. The summed E-state index contributed by atoms with van der Waals surface area (Å²) in [6.07, 6.45) is 11.1. The smallest absolute Gasteiger partial charge is 0.141 e. The Kier molecular flexibility index (Phi) is 5.58. The number of piperidine rings is 1. The number of nitrogens with zero attached hydrogens (tertiary/aromatic N) is 5. The molecule has 0 bridgehead atoms. The van der Waals surface area contributed by atoms with E-state index in [4.69, 9.17) is 4.99 Å². The quantitative estimate of drug-likeness (QED) is 0.785. The standard InChI is InChI=1S/C25H35FN6/c1-17-15-19(26)16-27-24(17)20-7-5-8-21(28-20)25(3)18(2)32-22(29-25)9-6-10-23(32)31-13-11-30(4)12-14-31/h6,9-10,15-16,18,20-21,28H,5,7-8,11-14H2,1-4H3/t18?,20-,21+,25+/m0/s1. The number of hydrogen-bond acceptors (Lipinski definition) is 6. The van der Waals surface area contributed by atoms with Crippen molar-refractivity contribution in [3.8, 4) is 0 Å². The highest BCUT2D eigenvalue weighted by Gasteiger charge is 2.50.